The third kappa shape index (κ3) is 6.52. The van der Waals surface area contributed by atoms with Crippen molar-refractivity contribution in [1.29, 1.82) is 0 Å². The van der Waals surface area contributed by atoms with Crippen LogP contribution in [0.2, 0.25) is 0 Å². The van der Waals surface area contributed by atoms with Crippen molar-refractivity contribution in [2.45, 2.75) is 84.0 Å². The van der Waals surface area contributed by atoms with Crippen LogP contribution in [0, 0.1) is 27.4 Å². The number of benzene rings is 1. The number of ether oxygens (including phenoxy) is 1. The van der Waals surface area contributed by atoms with E-state index in [-0.39, 0.29) is 53.5 Å². The Kier molecular flexibility index (Phi) is 8.84. The Morgan fingerprint density at radius 2 is 1.87 bits per heavy atom. The number of aliphatic carboxylic acids is 1. The van der Waals surface area contributed by atoms with E-state index in [9.17, 15) is 29.6 Å². The van der Waals surface area contributed by atoms with Crippen LogP contribution in [-0.2, 0) is 24.6 Å². The molecule has 0 radical (unpaired) electrons. The molecule has 4 rings (SSSR count). The van der Waals surface area contributed by atoms with Crippen molar-refractivity contribution in [1.82, 2.24) is 0 Å². The summed E-state index contributed by atoms with van der Waals surface area (Å²) in [7, 11) is 0. The van der Waals surface area contributed by atoms with E-state index in [0.717, 1.165) is 43.7 Å². The molecule has 3 saturated carbocycles. The Bertz CT molecular complexity index is 1120. The fourth-order valence-electron chi connectivity index (χ4n) is 6.04. The number of hydrogen-bond donors (Lipinski definition) is 2. The highest BCUT2D eigenvalue weighted by Crippen LogP contribution is 2.64. The fourth-order valence-corrected chi connectivity index (χ4v) is 6.04. The van der Waals surface area contributed by atoms with Crippen LogP contribution in [0.15, 0.2) is 24.3 Å². The molecule has 3 aliphatic rings. The normalized spacial score (nSPS) is 22.1. The summed E-state index contributed by atoms with van der Waals surface area (Å²) in [6, 6.07) is 3.39. The van der Waals surface area contributed by atoms with Gasteiger partial charge in [0.2, 0.25) is 0 Å². The lowest BCUT2D eigenvalue weighted by Gasteiger charge is -2.59. The van der Waals surface area contributed by atoms with Crippen LogP contribution in [0.4, 0.5) is 0 Å². The zero-order chi connectivity index (χ0) is 28.3. The molecule has 10 nitrogen and oxygen atoms in total. The maximum atomic E-state index is 12.8. The zero-order valence-corrected chi connectivity index (χ0v) is 22.4. The standard InChI is InChI=1S/C28H37NO9/c1-27(2,11-7-5-6-8-12-37-29(35)36)17-13-22(31)26(23(14-17)38-25(34)10-9-24(32)33)18-15-21(30)20-16-19(18)28(20,3)4/h9-10,13-14,18-20,31H,5-8,11-12,15-16H2,1-4H3,(H,32,33)/b10-9-/t18-,19-,20+/m0/s1. The molecule has 0 unspecified atom stereocenters. The van der Waals surface area contributed by atoms with Crippen LogP contribution >= 0.6 is 0 Å². The Morgan fingerprint density at radius 1 is 1.18 bits per heavy atom. The lowest BCUT2D eigenvalue weighted by Crippen LogP contribution is -2.56. The zero-order valence-electron chi connectivity index (χ0n) is 22.4. The summed E-state index contributed by atoms with van der Waals surface area (Å²) in [6.07, 6.45) is 6.27. The number of carboxylic acid groups (broad SMARTS) is 1. The third-order valence-electron chi connectivity index (χ3n) is 8.38. The molecule has 1 aromatic carbocycles. The molecule has 0 aromatic heterocycles. The number of fused-ring (bicyclic) bond motifs is 2. The van der Waals surface area contributed by atoms with E-state index in [0.29, 0.717) is 18.1 Å². The minimum Gasteiger partial charge on any atom is -0.508 e. The minimum atomic E-state index is -1.29. The van der Waals surface area contributed by atoms with E-state index in [1.54, 1.807) is 12.1 Å². The van der Waals surface area contributed by atoms with E-state index in [1.807, 2.05) is 13.8 Å². The monoisotopic (exact) mass is 531 g/mol. The van der Waals surface area contributed by atoms with Gasteiger partial charge in [0.05, 0.1) is 6.61 Å². The first-order chi connectivity index (χ1) is 17.7. The number of phenolic OH excluding ortho intramolecular Hbond substituents is 1. The molecule has 0 saturated heterocycles. The number of ketones is 1. The van der Waals surface area contributed by atoms with Crippen molar-refractivity contribution in [2.75, 3.05) is 6.61 Å². The molecule has 10 heteroatoms. The maximum Gasteiger partial charge on any atom is 0.336 e. The molecule has 3 atom stereocenters. The summed E-state index contributed by atoms with van der Waals surface area (Å²) in [6.45, 7) is 8.19. The van der Waals surface area contributed by atoms with Crippen molar-refractivity contribution in [3.8, 4) is 11.5 Å². The molecular weight excluding hydrogens is 494 g/mol. The summed E-state index contributed by atoms with van der Waals surface area (Å²) >= 11 is 0. The highest BCUT2D eigenvalue weighted by atomic mass is 16.9. The number of carbonyl (C=O) groups excluding carboxylic acids is 2. The number of hydrogen-bond acceptors (Lipinski definition) is 8. The first kappa shape index (κ1) is 29.1. The van der Waals surface area contributed by atoms with E-state index >= 15 is 0 Å². The highest BCUT2D eigenvalue weighted by molar-refractivity contribution is 5.92. The molecule has 2 bridgehead atoms. The Hall–Kier alpha value is -3.43. The highest BCUT2D eigenvalue weighted by Gasteiger charge is 2.59. The molecule has 38 heavy (non-hydrogen) atoms. The summed E-state index contributed by atoms with van der Waals surface area (Å²) in [5.74, 6) is -2.11. The number of phenols is 1. The van der Waals surface area contributed by atoms with E-state index in [1.165, 1.54) is 0 Å². The lowest BCUT2D eigenvalue weighted by molar-refractivity contribution is -0.757. The predicted octanol–water partition coefficient (Wildman–Crippen LogP) is 5.09. The number of nitrogens with zero attached hydrogens (tertiary/aromatic N) is 1. The second-order valence-electron chi connectivity index (χ2n) is 11.6. The largest absolute Gasteiger partial charge is 0.508 e. The number of unbranched alkanes of at least 4 members (excludes halogenated alkanes) is 3. The SMILES string of the molecule is CC(C)(CCCCCCO[N+](=O)[O-])c1cc(O)c([C@H]2CC(=O)[C@H]3C[C@@H]2C3(C)C)c(OC(=O)/C=C\C(=O)O)c1. The van der Waals surface area contributed by atoms with Gasteiger partial charge in [-0.2, -0.15) is 0 Å². The van der Waals surface area contributed by atoms with Crippen LogP contribution in [0.5, 0.6) is 11.5 Å². The Morgan fingerprint density at radius 3 is 2.47 bits per heavy atom. The van der Waals surface area contributed by atoms with Gasteiger partial charge in [0.25, 0.3) is 5.09 Å². The summed E-state index contributed by atoms with van der Waals surface area (Å²) in [5.41, 5.74) is 0.527. The van der Waals surface area contributed by atoms with Gasteiger partial charge < -0.3 is 19.8 Å². The van der Waals surface area contributed by atoms with Crippen molar-refractivity contribution in [2.24, 2.45) is 17.3 Å². The van der Waals surface area contributed by atoms with Crippen molar-refractivity contribution >= 4 is 17.7 Å². The summed E-state index contributed by atoms with van der Waals surface area (Å²) in [5, 5.41) is 29.6. The van der Waals surface area contributed by atoms with Crippen molar-refractivity contribution in [3.05, 3.63) is 45.5 Å². The van der Waals surface area contributed by atoms with Crippen LogP contribution in [0.25, 0.3) is 0 Å². The van der Waals surface area contributed by atoms with Gasteiger partial charge in [0.1, 0.15) is 17.3 Å². The molecular formula is C28H37NO9. The number of Topliss-reactive ketones (excluding diaryl/α,β-unsaturated/α-hetero) is 1. The molecule has 0 spiro atoms. The summed E-state index contributed by atoms with van der Waals surface area (Å²) < 4.78 is 5.59. The van der Waals surface area contributed by atoms with E-state index in [4.69, 9.17) is 9.84 Å². The topological polar surface area (TPSA) is 153 Å². The molecule has 2 N–H and O–H groups in total. The Labute approximate surface area is 222 Å². The average Bonchev–Trinajstić information content (AvgIpc) is 2.80. The van der Waals surface area contributed by atoms with Crippen LogP contribution in [0.1, 0.15) is 89.7 Å². The number of carboxylic acids is 1. The van der Waals surface area contributed by atoms with Gasteiger partial charge in [-0.1, -0.05) is 47.0 Å². The molecule has 3 fully saturated rings. The second-order valence-corrected chi connectivity index (χ2v) is 11.6. The maximum absolute atomic E-state index is 12.8. The smallest absolute Gasteiger partial charge is 0.336 e. The van der Waals surface area contributed by atoms with Gasteiger partial charge in [-0.25, -0.2) is 9.59 Å². The average molecular weight is 532 g/mol. The van der Waals surface area contributed by atoms with Gasteiger partial charge in [-0.15, -0.1) is 10.1 Å². The minimum absolute atomic E-state index is 0.000268. The number of esters is 1. The third-order valence-corrected chi connectivity index (χ3v) is 8.38. The number of aromatic hydroxyl groups is 1. The molecule has 0 aliphatic heterocycles. The molecule has 0 amide bonds. The van der Waals surface area contributed by atoms with Crippen LogP contribution < -0.4 is 4.74 Å². The van der Waals surface area contributed by atoms with Gasteiger partial charge in [-0.05, 0) is 53.7 Å². The second kappa shape index (κ2) is 11.5. The van der Waals surface area contributed by atoms with Crippen LogP contribution in [0.3, 0.4) is 0 Å². The molecule has 0 heterocycles. The van der Waals surface area contributed by atoms with Gasteiger partial charge in [0.15, 0.2) is 0 Å². The van der Waals surface area contributed by atoms with Crippen LogP contribution in [-0.4, -0.2) is 39.6 Å². The van der Waals surface area contributed by atoms with Crippen molar-refractivity contribution in [3.63, 3.8) is 0 Å². The summed E-state index contributed by atoms with van der Waals surface area (Å²) in [4.78, 5) is 50.7. The van der Waals surface area contributed by atoms with Gasteiger partial charge in [-0.3, -0.25) is 4.79 Å². The van der Waals surface area contributed by atoms with E-state index in [2.05, 4.69) is 18.7 Å². The lowest BCUT2D eigenvalue weighted by atomic mass is 9.44. The van der Waals surface area contributed by atoms with Crippen molar-refractivity contribution < 1.29 is 39.3 Å². The number of rotatable bonds is 13. The van der Waals surface area contributed by atoms with Gasteiger partial charge in [0, 0.05) is 36.0 Å². The first-order valence-electron chi connectivity index (χ1n) is 13.0. The molecule has 208 valence electrons. The quantitative estimate of drug-likeness (QED) is 0.0884. The van der Waals surface area contributed by atoms with Gasteiger partial charge >= 0.3 is 11.9 Å². The first-order valence-corrected chi connectivity index (χ1v) is 13.0. The Balaban J connectivity index is 1.84. The molecule has 1 aromatic rings. The van der Waals surface area contributed by atoms with E-state index < -0.39 is 22.4 Å². The predicted molar refractivity (Wildman–Crippen MR) is 137 cm³/mol. The number of carbonyl (C=O) groups is 3. The molecule has 3 aliphatic carbocycles. The fraction of sp³-hybridized carbons (Fsp3) is 0.607.